The van der Waals surface area contributed by atoms with E-state index in [1.807, 2.05) is 12.1 Å². The number of aromatic amines is 1. The summed E-state index contributed by atoms with van der Waals surface area (Å²) in [4.78, 5) is 51.8. The van der Waals surface area contributed by atoms with Gasteiger partial charge in [0.25, 0.3) is 11.5 Å². The van der Waals surface area contributed by atoms with Crippen molar-refractivity contribution in [3.8, 4) is 0 Å². The van der Waals surface area contributed by atoms with Crippen LogP contribution in [-0.2, 0) is 16.0 Å². The van der Waals surface area contributed by atoms with Gasteiger partial charge in [0.2, 0.25) is 5.91 Å². The Morgan fingerprint density at radius 2 is 1.48 bits per heavy atom. The number of unbranched alkanes of at least 4 members (excludes halogenated alkanes) is 5. The average Bonchev–Trinajstić information content (AvgIpc) is 2.96. The molecular formula is C30H35FN4O5. The molecule has 2 heterocycles. The average molecular weight is 551 g/mol. The van der Waals surface area contributed by atoms with Gasteiger partial charge in [-0.05, 0) is 36.6 Å². The van der Waals surface area contributed by atoms with E-state index < -0.39 is 17.7 Å². The number of aliphatic carboxylic acids is 1. The minimum atomic E-state index is -0.764. The molecule has 9 nitrogen and oxygen atoms in total. The lowest BCUT2D eigenvalue weighted by Gasteiger charge is -2.35. The summed E-state index contributed by atoms with van der Waals surface area (Å²) in [6.45, 7) is 1.50. The van der Waals surface area contributed by atoms with Crippen LogP contribution in [0.15, 0.2) is 47.3 Å². The van der Waals surface area contributed by atoms with Crippen molar-refractivity contribution in [3.63, 3.8) is 0 Å². The van der Waals surface area contributed by atoms with E-state index >= 15 is 0 Å². The maximum atomic E-state index is 14.7. The highest BCUT2D eigenvalue weighted by Crippen LogP contribution is 2.20. The van der Waals surface area contributed by atoms with Crippen LogP contribution in [0.5, 0.6) is 0 Å². The van der Waals surface area contributed by atoms with Crippen LogP contribution in [0.3, 0.4) is 0 Å². The second-order valence-electron chi connectivity index (χ2n) is 10.2. The highest BCUT2D eigenvalue weighted by molar-refractivity contribution is 5.95. The van der Waals surface area contributed by atoms with Crippen molar-refractivity contribution in [1.82, 2.24) is 20.0 Å². The Labute approximate surface area is 232 Å². The molecule has 2 amide bonds. The van der Waals surface area contributed by atoms with Crippen molar-refractivity contribution in [2.45, 2.75) is 57.8 Å². The van der Waals surface area contributed by atoms with Crippen LogP contribution in [-0.4, -0.2) is 69.1 Å². The third kappa shape index (κ3) is 7.52. The molecule has 2 N–H and O–H groups in total. The number of carboxylic acid groups (broad SMARTS) is 1. The summed E-state index contributed by atoms with van der Waals surface area (Å²) in [7, 11) is 0. The van der Waals surface area contributed by atoms with Gasteiger partial charge < -0.3 is 14.9 Å². The molecule has 0 atom stereocenters. The van der Waals surface area contributed by atoms with Crippen molar-refractivity contribution in [2.24, 2.45) is 0 Å². The van der Waals surface area contributed by atoms with E-state index in [0.29, 0.717) is 67.5 Å². The molecule has 0 aliphatic carbocycles. The lowest BCUT2D eigenvalue weighted by molar-refractivity contribution is -0.137. The molecule has 212 valence electrons. The number of nitrogens with one attached hydrogen (secondary N) is 1. The Morgan fingerprint density at radius 1 is 0.850 bits per heavy atom. The number of fused-ring (bicyclic) bond motifs is 1. The molecule has 10 heteroatoms. The van der Waals surface area contributed by atoms with Crippen LogP contribution in [0.1, 0.15) is 73.0 Å². The van der Waals surface area contributed by atoms with E-state index in [-0.39, 0.29) is 23.5 Å². The van der Waals surface area contributed by atoms with Crippen LogP contribution in [0.25, 0.3) is 10.8 Å². The maximum Gasteiger partial charge on any atom is 0.303 e. The lowest BCUT2D eigenvalue weighted by atomic mass is 10.0. The first-order chi connectivity index (χ1) is 19.3. The van der Waals surface area contributed by atoms with Crippen LogP contribution >= 0.6 is 0 Å². The molecule has 0 spiro atoms. The molecule has 0 unspecified atom stereocenters. The monoisotopic (exact) mass is 550 g/mol. The highest BCUT2D eigenvalue weighted by Gasteiger charge is 2.26. The number of H-pyrrole nitrogens is 1. The number of benzene rings is 2. The Kier molecular flexibility index (Phi) is 9.99. The number of carbonyl (C=O) groups excluding carboxylic acids is 2. The minimum Gasteiger partial charge on any atom is -0.481 e. The fourth-order valence-electron chi connectivity index (χ4n) is 5.09. The first-order valence-corrected chi connectivity index (χ1v) is 13.9. The number of nitrogens with zero attached hydrogens (tertiary/aromatic N) is 3. The molecule has 1 fully saturated rings. The number of hydrogen-bond acceptors (Lipinski definition) is 5. The van der Waals surface area contributed by atoms with Gasteiger partial charge in [-0.2, -0.15) is 5.10 Å². The van der Waals surface area contributed by atoms with Crippen LogP contribution in [0.4, 0.5) is 4.39 Å². The number of rotatable bonds is 12. The van der Waals surface area contributed by atoms with E-state index in [0.717, 1.165) is 32.1 Å². The molecule has 0 radical (unpaired) electrons. The number of halogens is 1. The number of piperazine rings is 1. The molecule has 0 bridgehead atoms. The molecule has 40 heavy (non-hydrogen) atoms. The van der Waals surface area contributed by atoms with Gasteiger partial charge in [-0.15, -0.1) is 0 Å². The zero-order valence-corrected chi connectivity index (χ0v) is 22.5. The number of hydrogen-bond donors (Lipinski definition) is 2. The zero-order chi connectivity index (χ0) is 28.5. The van der Waals surface area contributed by atoms with E-state index in [2.05, 4.69) is 10.2 Å². The SMILES string of the molecule is O=C(O)CCCCCCCCC(=O)N1CCN(C(=O)c2cc(Cc3n[nH]c(=O)c4ccccc34)ccc2F)CC1. The van der Waals surface area contributed by atoms with Gasteiger partial charge in [-0.1, -0.05) is 49.9 Å². The summed E-state index contributed by atoms with van der Waals surface area (Å²) in [5.41, 5.74) is 1.03. The Balaban J connectivity index is 1.27. The summed E-state index contributed by atoms with van der Waals surface area (Å²) in [5, 5.41) is 16.6. The van der Waals surface area contributed by atoms with Crippen molar-refractivity contribution in [2.75, 3.05) is 26.2 Å². The predicted octanol–water partition coefficient (Wildman–Crippen LogP) is 4.14. The summed E-state index contributed by atoms with van der Waals surface area (Å²) >= 11 is 0. The topological polar surface area (TPSA) is 124 Å². The van der Waals surface area contributed by atoms with Crippen molar-refractivity contribution in [1.29, 1.82) is 0 Å². The van der Waals surface area contributed by atoms with Gasteiger partial charge >= 0.3 is 5.97 Å². The van der Waals surface area contributed by atoms with Crippen LogP contribution < -0.4 is 5.56 Å². The summed E-state index contributed by atoms with van der Waals surface area (Å²) < 4.78 is 14.7. The van der Waals surface area contributed by atoms with Gasteiger partial charge in [0.05, 0.1) is 16.6 Å². The number of aromatic nitrogens is 2. The fourth-order valence-corrected chi connectivity index (χ4v) is 5.09. The Hall–Kier alpha value is -4.08. The fraction of sp³-hybridized carbons (Fsp3) is 0.433. The largest absolute Gasteiger partial charge is 0.481 e. The maximum absolute atomic E-state index is 14.7. The van der Waals surface area contributed by atoms with E-state index in [1.165, 1.54) is 6.07 Å². The quantitative estimate of drug-likeness (QED) is 0.327. The summed E-state index contributed by atoms with van der Waals surface area (Å²) in [6, 6.07) is 11.6. The molecule has 2 aromatic carbocycles. The second-order valence-corrected chi connectivity index (χ2v) is 10.2. The zero-order valence-electron chi connectivity index (χ0n) is 22.5. The van der Waals surface area contributed by atoms with Gasteiger partial charge in [0.15, 0.2) is 0 Å². The van der Waals surface area contributed by atoms with Gasteiger partial charge in [-0.25, -0.2) is 9.49 Å². The molecule has 1 aliphatic heterocycles. The summed E-state index contributed by atoms with van der Waals surface area (Å²) in [5.74, 6) is -1.71. The molecule has 1 aliphatic rings. The number of amides is 2. The third-order valence-corrected chi connectivity index (χ3v) is 7.36. The van der Waals surface area contributed by atoms with Crippen LogP contribution in [0.2, 0.25) is 0 Å². The van der Waals surface area contributed by atoms with Crippen LogP contribution in [0, 0.1) is 5.82 Å². The number of carboxylic acids is 1. The Bertz CT molecular complexity index is 1410. The highest BCUT2D eigenvalue weighted by atomic mass is 19.1. The van der Waals surface area contributed by atoms with Crippen molar-refractivity contribution >= 4 is 28.6 Å². The molecular weight excluding hydrogens is 515 g/mol. The Morgan fingerprint density at radius 3 is 2.17 bits per heavy atom. The van der Waals surface area contributed by atoms with E-state index in [1.54, 1.807) is 34.1 Å². The first kappa shape index (κ1) is 28.9. The molecule has 1 aromatic heterocycles. The standard InChI is InChI=1S/C30H35FN4O5/c31-25-14-13-21(20-26-22-9-7-8-10-23(22)29(39)33-32-26)19-24(25)30(40)35-17-15-34(16-18-35)27(36)11-5-3-1-2-4-6-12-28(37)38/h7-10,13-14,19H,1-6,11-12,15-18,20H2,(H,33,39)(H,37,38). The third-order valence-electron chi connectivity index (χ3n) is 7.36. The second kappa shape index (κ2) is 13.8. The number of carbonyl (C=O) groups is 3. The summed E-state index contributed by atoms with van der Waals surface area (Å²) in [6.07, 6.45) is 6.22. The van der Waals surface area contributed by atoms with Gasteiger partial charge in [-0.3, -0.25) is 19.2 Å². The van der Waals surface area contributed by atoms with E-state index in [4.69, 9.17) is 5.11 Å². The predicted molar refractivity (Wildman–Crippen MR) is 149 cm³/mol. The first-order valence-electron chi connectivity index (χ1n) is 13.9. The van der Waals surface area contributed by atoms with Crippen molar-refractivity contribution < 1.29 is 23.9 Å². The molecule has 3 aromatic rings. The smallest absolute Gasteiger partial charge is 0.303 e. The van der Waals surface area contributed by atoms with E-state index in [9.17, 15) is 23.6 Å². The van der Waals surface area contributed by atoms with Crippen molar-refractivity contribution in [3.05, 3.63) is 75.5 Å². The normalized spacial score (nSPS) is 13.5. The van der Waals surface area contributed by atoms with Gasteiger partial charge in [0.1, 0.15) is 5.82 Å². The molecule has 0 saturated carbocycles. The minimum absolute atomic E-state index is 0.0191. The molecule has 4 rings (SSSR count). The van der Waals surface area contributed by atoms with Gasteiger partial charge in [0, 0.05) is 50.8 Å². The molecule has 1 saturated heterocycles. The lowest BCUT2D eigenvalue weighted by Crippen LogP contribution is -2.50.